The first-order chi connectivity index (χ1) is 6.27. The minimum Gasteiger partial charge on any atom is -0.303 e. The molecule has 0 aliphatic carbocycles. The van der Waals surface area contributed by atoms with Crippen molar-refractivity contribution in [2.24, 2.45) is 0 Å². The maximum atomic E-state index is 10.8. The molecule has 0 spiro atoms. The summed E-state index contributed by atoms with van der Waals surface area (Å²) in [4.78, 5) is 10.8. The number of carbonyl (C=O) groups is 1. The Morgan fingerprint density at radius 1 is 1.46 bits per heavy atom. The van der Waals surface area contributed by atoms with Gasteiger partial charge >= 0.3 is 0 Å². The molecule has 0 fully saturated rings. The van der Waals surface area contributed by atoms with Crippen LogP contribution in [0.5, 0.6) is 0 Å². The maximum Gasteiger partial charge on any atom is 0.127 e. The number of hydrogen-bond acceptors (Lipinski definition) is 1. The van der Waals surface area contributed by atoms with Crippen molar-refractivity contribution in [3.63, 3.8) is 0 Å². The molecular formula is C12H16O. The van der Waals surface area contributed by atoms with Crippen LogP contribution in [0.1, 0.15) is 36.8 Å². The van der Waals surface area contributed by atoms with E-state index < -0.39 is 0 Å². The van der Waals surface area contributed by atoms with Crippen molar-refractivity contribution >= 4 is 6.29 Å². The zero-order chi connectivity index (χ0) is 9.68. The van der Waals surface area contributed by atoms with Gasteiger partial charge in [0.15, 0.2) is 0 Å². The van der Waals surface area contributed by atoms with Gasteiger partial charge < -0.3 is 4.79 Å². The van der Waals surface area contributed by atoms with Gasteiger partial charge in [0.1, 0.15) is 6.29 Å². The Labute approximate surface area is 79.8 Å². The molecule has 0 radical (unpaired) electrons. The molecular weight excluding hydrogens is 160 g/mol. The summed E-state index contributed by atoms with van der Waals surface area (Å²) in [5.41, 5.74) is 2.37. The third-order valence-corrected chi connectivity index (χ3v) is 2.23. The molecule has 70 valence electrons. The molecule has 0 N–H and O–H groups in total. The molecule has 0 saturated carbocycles. The first-order valence-electron chi connectivity index (χ1n) is 4.79. The average molecular weight is 176 g/mol. The van der Waals surface area contributed by atoms with Gasteiger partial charge in [0.2, 0.25) is 0 Å². The fourth-order valence-corrected chi connectivity index (χ4v) is 1.53. The SMILES string of the molecule is CCCC(C=O)c1cccc(C)c1. The molecule has 0 aliphatic rings. The number of aryl methyl sites for hydroxylation is 1. The normalized spacial score (nSPS) is 12.5. The lowest BCUT2D eigenvalue weighted by atomic mass is 9.95. The van der Waals surface area contributed by atoms with Gasteiger partial charge in [-0.25, -0.2) is 0 Å². The topological polar surface area (TPSA) is 17.1 Å². The summed E-state index contributed by atoms with van der Waals surface area (Å²) >= 11 is 0. The predicted molar refractivity (Wildman–Crippen MR) is 54.9 cm³/mol. The zero-order valence-corrected chi connectivity index (χ0v) is 8.29. The highest BCUT2D eigenvalue weighted by Crippen LogP contribution is 2.19. The largest absolute Gasteiger partial charge is 0.303 e. The van der Waals surface area contributed by atoms with Crippen molar-refractivity contribution in [2.75, 3.05) is 0 Å². The molecule has 13 heavy (non-hydrogen) atoms. The average Bonchev–Trinajstić information content (AvgIpc) is 2.14. The van der Waals surface area contributed by atoms with Gasteiger partial charge in [0.25, 0.3) is 0 Å². The molecule has 0 amide bonds. The molecule has 1 rings (SSSR count). The van der Waals surface area contributed by atoms with Crippen molar-refractivity contribution in [1.29, 1.82) is 0 Å². The molecule has 1 atom stereocenters. The van der Waals surface area contributed by atoms with Crippen LogP contribution in [0.15, 0.2) is 24.3 Å². The van der Waals surface area contributed by atoms with Crippen LogP contribution in [0.25, 0.3) is 0 Å². The van der Waals surface area contributed by atoms with E-state index in [9.17, 15) is 4.79 Å². The molecule has 0 aliphatic heterocycles. The van der Waals surface area contributed by atoms with Gasteiger partial charge in [-0.3, -0.25) is 0 Å². The van der Waals surface area contributed by atoms with E-state index in [1.54, 1.807) is 0 Å². The summed E-state index contributed by atoms with van der Waals surface area (Å²) in [6.45, 7) is 4.16. The Balaban J connectivity index is 2.84. The number of aldehydes is 1. The first kappa shape index (κ1) is 9.97. The number of rotatable bonds is 4. The Hall–Kier alpha value is -1.11. The van der Waals surface area contributed by atoms with Gasteiger partial charge in [-0.1, -0.05) is 43.2 Å². The molecule has 0 bridgehead atoms. The van der Waals surface area contributed by atoms with Gasteiger partial charge in [-0.05, 0) is 18.9 Å². The van der Waals surface area contributed by atoms with Crippen molar-refractivity contribution in [2.45, 2.75) is 32.6 Å². The van der Waals surface area contributed by atoms with E-state index in [-0.39, 0.29) is 5.92 Å². The molecule has 0 saturated heterocycles. The van der Waals surface area contributed by atoms with E-state index >= 15 is 0 Å². The Bertz CT molecular complexity index is 278. The van der Waals surface area contributed by atoms with E-state index in [1.165, 1.54) is 5.56 Å². The van der Waals surface area contributed by atoms with Gasteiger partial charge in [0, 0.05) is 5.92 Å². The van der Waals surface area contributed by atoms with Crippen LogP contribution < -0.4 is 0 Å². The Morgan fingerprint density at radius 2 is 2.23 bits per heavy atom. The Morgan fingerprint density at radius 3 is 2.77 bits per heavy atom. The summed E-state index contributed by atoms with van der Waals surface area (Å²) in [7, 11) is 0. The molecule has 1 heteroatoms. The lowest BCUT2D eigenvalue weighted by molar-refractivity contribution is -0.109. The minimum atomic E-state index is 0.0879. The highest BCUT2D eigenvalue weighted by molar-refractivity contribution is 5.62. The van der Waals surface area contributed by atoms with Crippen LogP contribution in [0.4, 0.5) is 0 Å². The zero-order valence-electron chi connectivity index (χ0n) is 8.29. The van der Waals surface area contributed by atoms with Crippen LogP contribution in [0.2, 0.25) is 0 Å². The standard InChI is InChI=1S/C12H16O/c1-3-5-12(9-13)11-7-4-6-10(2)8-11/h4,6-9,12H,3,5H2,1-2H3. The van der Waals surface area contributed by atoms with Crippen LogP contribution in [-0.4, -0.2) is 6.29 Å². The second-order valence-corrected chi connectivity index (χ2v) is 3.45. The number of hydrogen-bond donors (Lipinski definition) is 0. The maximum absolute atomic E-state index is 10.8. The molecule has 1 aromatic carbocycles. The summed E-state index contributed by atoms with van der Waals surface area (Å²) < 4.78 is 0. The van der Waals surface area contributed by atoms with E-state index in [0.29, 0.717) is 0 Å². The third-order valence-electron chi connectivity index (χ3n) is 2.23. The van der Waals surface area contributed by atoms with Crippen molar-refractivity contribution < 1.29 is 4.79 Å². The highest BCUT2D eigenvalue weighted by atomic mass is 16.1. The van der Waals surface area contributed by atoms with Crippen LogP contribution in [0, 0.1) is 6.92 Å². The summed E-state index contributed by atoms with van der Waals surface area (Å²) in [6.07, 6.45) is 3.06. The monoisotopic (exact) mass is 176 g/mol. The molecule has 1 unspecified atom stereocenters. The van der Waals surface area contributed by atoms with Crippen LogP contribution in [-0.2, 0) is 4.79 Å². The smallest absolute Gasteiger partial charge is 0.127 e. The predicted octanol–water partition coefficient (Wildman–Crippen LogP) is 3.08. The van der Waals surface area contributed by atoms with E-state index in [1.807, 2.05) is 12.1 Å². The van der Waals surface area contributed by atoms with Crippen molar-refractivity contribution in [1.82, 2.24) is 0 Å². The summed E-state index contributed by atoms with van der Waals surface area (Å²) in [5.74, 6) is 0.0879. The quantitative estimate of drug-likeness (QED) is 0.644. The molecule has 1 aromatic rings. The van der Waals surface area contributed by atoms with Gasteiger partial charge in [0.05, 0.1) is 0 Å². The molecule has 1 nitrogen and oxygen atoms in total. The molecule has 0 aromatic heterocycles. The minimum absolute atomic E-state index is 0.0879. The van der Waals surface area contributed by atoms with E-state index in [2.05, 4.69) is 26.0 Å². The summed E-state index contributed by atoms with van der Waals surface area (Å²) in [5, 5.41) is 0. The third kappa shape index (κ3) is 2.69. The fraction of sp³-hybridized carbons (Fsp3) is 0.417. The van der Waals surface area contributed by atoms with Crippen molar-refractivity contribution in [3.8, 4) is 0 Å². The van der Waals surface area contributed by atoms with Gasteiger partial charge in [-0.15, -0.1) is 0 Å². The van der Waals surface area contributed by atoms with E-state index in [4.69, 9.17) is 0 Å². The second-order valence-electron chi connectivity index (χ2n) is 3.45. The fourth-order valence-electron chi connectivity index (χ4n) is 1.53. The second kappa shape index (κ2) is 4.80. The number of benzene rings is 1. The first-order valence-corrected chi connectivity index (χ1v) is 4.79. The van der Waals surface area contributed by atoms with E-state index in [0.717, 1.165) is 24.7 Å². The summed E-state index contributed by atoms with van der Waals surface area (Å²) in [6, 6.07) is 8.19. The highest BCUT2D eigenvalue weighted by Gasteiger charge is 2.08. The van der Waals surface area contributed by atoms with Crippen molar-refractivity contribution in [3.05, 3.63) is 35.4 Å². The number of carbonyl (C=O) groups excluding carboxylic acids is 1. The lowest BCUT2D eigenvalue weighted by Crippen LogP contribution is -1.99. The van der Waals surface area contributed by atoms with Crippen LogP contribution >= 0.6 is 0 Å². The van der Waals surface area contributed by atoms with Gasteiger partial charge in [-0.2, -0.15) is 0 Å². The lowest BCUT2D eigenvalue weighted by Gasteiger charge is -2.09. The molecule has 0 heterocycles. The van der Waals surface area contributed by atoms with Crippen LogP contribution in [0.3, 0.4) is 0 Å². The Kier molecular flexibility index (Phi) is 3.69.